The van der Waals surface area contributed by atoms with Gasteiger partial charge in [0.2, 0.25) is 5.89 Å². The van der Waals surface area contributed by atoms with Crippen molar-refractivity contribution >= 4 is 65.4 Å². The second-order valence-corrected chi connectivity index (χ2v) is 12.7. The highest BCUT2D eigenvalue weighted by Gasteiger charge is 2.25. The average molecular weight is 621 g/mol. The summed E-state index contributed by atoms with van der Waals surface area (Å²) in [5, 5.41) is 4.50. The Hall–Kier alpha value is -6.04. The number of nitrogens with zero attached hydrogens (tertiary/aromatic N) is 2. The van der Waals surface area contributed by atoms with E-state index < -0.39 is 0 Å². The van der Waals surface area contributed by atoms with Gasteiger partial charge in [0.15, 0.2) is 5.58 Å². The molecule has 0 saturated carbocycles. The second-order valence-electron chi connectivity index (χ2n) is 11.7. The van der Waals surface area contributed by atoms with Gasteiger partial charge in [-0.1, -0.05) is 103 Å². The topological polar surface area (TPSA) is 52.1 Å². The standard InChI is InChI=1S/C42H24N2O2S/c1-2-11-26(12-3-1)38-37-36(25-21-23-27(24-22-25)42-44-33-18-7-9-20-35(33)46-42)41(47-40(37)30-14-4-6-17-32(30)43-38)31-16-10-15-29-28-13-5-8-19-34(28)45-39(29)31/h1-24H. The van der Waals surface area contributed by atoms with Crippen LogP contribution in [-0.4, -0.2) is 9.97 Å². The van der Waals surface area contributed by atoms with Gasteiger partial charge in [-0.15, -0.1) is 11.3 Å². The number of aromatic nitrogens is 2. The maximum Gasteiger partial charge on any atom is 0.227 e. The Morgan fingerprint density at radius 3 is 1.98 bits per heavy atom. The van der Waals surface area contributed by atoms with E-state index in [2.05, 4.69) is 109 Å². The zero-order valence-electron chi connectivity index (χ0n) is 25.0. The largest absolute Gasteiger partial charge is 0.455 e. The van der Waals surface area contributed by atoms with Gasteiger partial charge in [0.05, 0.1) is 11.2 Å². The van der Waals surface area contributed by atoms with Crippen molar-refractivity contribution in [1.82, 2.24) is 9.97 Å². The van der Waals surface area contributed by atoms with Crippen LogP contribution in [0.25, 0.3) is 98.3 Å². The average Bonchev–Trinajstić information content (AvgIpc) is 3.86. The number of oxazole rings is 1. The number of furan rings is 1. The number of benzene rings is 6. The number of hydrogen-bond acceptors (Lipinski definition) is 5. The van der Waals surface area contributed by atoms with Crippen LogP contribution in [-0.2, 0) is 0 Å². The minimum Gasteiger partial charge on any atom is -0.455 e. The van der Waals surface area contributed by atoms with E-state index in [1.807, 2.05) is 47.7 Å². The molecule has 4 aromatic heterocycles. The molecule has 0 amide bonds. The highest BCUT2D eigenvalue weighted by atomic mass is 32.1. The van der Waals surface area contributed by atoms with Gasteiger partial charge in [0, 0.05) is 53.4 Å². The summed E-state index contributed by atoms with van der Waals surface area (Å²) < 4.78 is 13.9. The SMILES string of the molecule is c1ccc(-c2nc3ccccc3c3sc(-c4cccc5c4oc4ccccc45)c(-c4ccc(-c5nc6ccccc6o5)cc4)c23)cc1. The third-order valence-electron chi connectivity index (χ3n) is 8.94. The summed E-state index contributed by atoms with van der Waals surface area (Å²) in [6.45, 7) is 0. The Bertz CT molecular complexity index is 2760. The highest BCUT2D eigenvalue weighted by molar-refractivity contribution is 7.24. The molecule has 0 spiro atoms. The third-order valence-corrected chi connectivity index (χ3v) is 10.2. The fraction of sp³-hybridized carbons (Fsp3) is 0. The Morgan fingerprint density at radius 1 is 0.468 bits per heavy atom. The molecular formula is C42H24N2O2S. The molecule has 220 valence electrons. The van der Waals surface area contributed by atoms with Gasteiger partial charge in [-0.05, 0) is 48.0 Å². The molecule has 0 radical (unpaired) electrons. The van der Waals surface area contributed by atoms with Crippen LogP contribution in [0.4, 0.5) is 0 Å². The van der Waals surface area contributed by atoms with Crippen LogP contribution < -0.4 is 0 Å². The normalized spacial score (nSPS) is 11.8. The number of pyridine rings is 1. The lowest BCUT2D eigenvalue weighted by Crippen LogP contribution is -1.90. The molecule has 6 aromatic carbocycles. The molecule has 0 aliphatic heterocycles. The van der Waals surface area contributed by atoms with Crippen LogP contribution in [0.3, 0.4) is 0 Å². The number of thiophene rings is 1. The smallest absolute Gasteiger partial charge is 0.227 e. The molecule has 0 aliphatic rings. The zero-order valence-corrected chi connectivity index (χ0v) is 25.8. The zero-order chi connectivity index (χ0) is 30.9. The monoisotopic (exact) mass is 620 g/mol. The molecule has 5 heteroatoms. The van der Waals surface area contributed by atoms with E-state index in [9.17, 15) is 0 Å². The third kappa shape index (κ3) is 4.07. The maximum absolute atomic E-state index is 6.60. The van der Waals surface area contributed by atoms with E-state index in [1.165, 1.54) is 4.70 Å². The minimum absolute atomic E-state index is 0.609. The first kappa shape index (κ1) is 26.2. The number of hydrogen-bond donors (Lipinski definition) is 0. The van der Waals surface area contributed by atoms with E-state index in [0.717, 1.165) is 87.7 Å². The molecule has 47 heavy (non-hydrogen) atoms. The molecule has 4 heterocycles. The van der Waals surface area contributed by atoms with Crippen LogP contribution in [0.5, 0.6) is 0 Å². The van der Waals surface area contributed by atoms with Crippen molar-refractivity contribution in [2.24, 2.45) is 0 Å². The summed E-state index contributed by atoms with van der Waals surface area (Å²) in [6.07, 6.45) is 0. The summed E-state index contributed by atoms with van der Waals surface area (Å²) in [7, 11) is 0. The van der Waals surface area contributed by atoms with Gasteiger partial charge in [-0.2, -0.15) is 0 Å². The van der Waals surface area contributed by atoms with E-state index in [1.54, 1.807) is 0 Å². The van der Waals surface area contributed by atoms with Crippen molar-refractivity contribution in [1.29, 1.82) is 0 Å². The first-order valence-corrected chi connectivity index (χ1v) is 16.4. The van der Waals surface area contributed by atoms with Crippen molar-refractivity contribution in [3.63, 3.8) is 0 Å². The molecular weight excluding hydrogens is 597 g/mol. The number of para-hydroxylation sites is 5. The maximum atomic E-state index is 6.60. The van der Waals surface area contributed by atoms with Crippen molar-refractivity contribution < 1.29 is 8.83 Å². The summed E-state index contributed by atoms with van der Waals surface area (Å²) in [5.41, 5.74) is 10.7. The van der Waals surface area contributed by atoms with E-state index in [0.29, 0.717) is 5.89 Å². The van der Waals surface area contributed by atoms with Crippen LogP contribution in [0.1, 0.15) is 0 Å². The van der Waals surface area contributed by atoms with Gasteiger partial charge in [-0.3, -0.25) is 0 Å². The van der Waals surface area contributed by atoms with Gasteiger partial charge in [-0.25, -0.2) is 9.97 Å². The fourth-order valence-electron chi connectivity index (χ4n) is 6.76. The summed E-state index contributed by atoms with van der Waals surface area (Å²) >= 11 is 1.81. The predicted molar refractivity (Wildman–Crippen MR) is 194 cm³/mol. The Kier molecular flexibility index (Phi) is 5.71. The number of fused-ring (bicyclic) bond motifs is 7. The quantitative estimate of drug-likeness (QED) is 0.196. The van der Waals surface area contributed by atoms with E-state index in [-0.39, 0.29) is 0 Å². The summed E-state index contributed by atoms with van der Waals surface area (Å²) in [5.74, 6) is 0.609. The summed E-state index contributed by atoms with van der Waals surface area (Å²) in [4.78, 5) is 11.2. The molecule has 0 fully saturated rings. The lowest BCUT2D eigenvalue weighted by Gasteiger charge is -2.11. The van der Waals surface area contributed by atoms with Gasteiger partial charge in [0.25, 0.3) is 0 Å². The van der Waals surface area contributed by atoms with Crippen molar-refractivity contribution in [2.75, 3.05) is 0 Å². The van der Waals surface area contributed by atoms with Crippen LogP contribution in [0.2, 0.25) is 0 Å². The van der Waals surface area contributed by atoms with Crippen molar-refractivity contribution in [3.05, 3.63) is 146 Å². The first-order valence-electron chi connectivity index (χ1n) is 15.6. The molecule has 0 saturated heterocycles. The second kappa shape index (κ2) is 10.2. The molecule has 0 N–H and O–H groups in total. The van der Waals surface area contributed by atoms with Gasteiger partial charge < -0.3 is 8.83 Å². The van der Waals surface area contributed by atoms with E-state index in [4.69, 9.17) is 18.8 Å². The van der Waals surface area contributed by atoms with Crippen molar-refractivity contribution in [2.45, 2.75) is 0 Å². The molecule has 10 rings (SSSR count). The van der Waals surface area contributed by atoms with Crippen molar-refractivity contribution in [3.8, 4) is 44.3 Å². The first-order chi connectivity index (χ1) is 23.3. The van der Waals surface area contributed by atoms with Gasteiger partial charge >= 0.3 is 0 Å². The Labute approximate surface area is 273 Å². The highest BCUT2D eigenvalue weighted by Crippen LogP contribution is 2.51. The molecule has 0 atom stereocenters. The van der Waals surface area contributed by atoms with Crippen LogP contribution in [0.15, 0.2) is 154 Å². The molecule has 10 aromatic rings. The molecule has 4 nitrogen and oxygen atoms in total. The Morgan fingerprint density at radius 2 is 1.15 bits per heavy atom. The predicted octanol–water partition coefficient (Wildman–Crippen LogP) is 12.2. The summed E-state index contributed by atoms with van der Waals surface area (Å²) in [6, 6.07) is 50.1. The van der Waals surface area contributed by atoms with Crippen LogP contribution in [0, 0.1) is 0 Å². The lowest BCUT2D eigenvalue weighted by molar-refractivity contribution is 0.620. The fourth-order valence-corrected chi connectivity index (χ4v) is 8.14. The van der Waals surface area contributed by atoms with Crippen LogP contribution >= 0.6 is 11.3 Å². The lowest BCUT2D eigenvalue weighted by atomic mass is 9.94. The molecule has 0 bridgehead atoms. The molecule has 0 unspecified atom stereocenters. The minimum atomic E-state index is 0.609. The van der Waals surface area contributed by atoms with E-state index >= 15 is 0 Å². The van der Waals surface area contributed by atoms with Gasteiger partial charge in [0.1, 0.15) is 16.7 Å². The number of rotatable bonds is 4. The Balaban J connectivity index is 1.29. The molecule has 0 aliphatic carbocycles.